The van der Waals surface area contributed by atoms with Crippen LogP contribution in [0.4, 0.5) is 0 Å². The zero-order valence-electron chi connectivity index (χ0n) is 6.78. The second-order valence-corrected chi connectivity index (χ2v) is 2.42. The van der Waals surface area contributed by atoms with Crippen LogP contribution in [0.5, 0.6) is 5.95 Å². The van der Waals surface area contributed by atoms with E-state index in [0.29, 0.717) is 12.6 Å². The molecule has 0 saturated heterocycles. The molecule has 2 aromatic rings. The maximum Gasteiger partial charge on any atom is 0.319 e. The van der Waals surface area contributed by atoms with E-state index in [1.807, 2.05) is 31.2 Å². The Balaban J connectivity index is 2.55. The average molecular weight is 163 g/mol. The van der Waals surface area contributed by atoms with E-state index >= 15 is 0 Å². The first kappa shape index (κ1) is 7.16. The molecule has 0 bridgehead atoms. The summed E-state index contributed by atoms with van der Waals surface area (Å²) in [5.74, 6) is 0.508. The van der Waals surface area contributed by atoms with Gasteiger partial charge in [0.2, 0.25) is 0 Å². The van der Waals surface area contributed by atoms with Crippen LogP contribution in [0, 0.1) is 0 Å². The van der Waals surface area contributed by atoms with Crippen LogP contribution in [0.3, 0.4) is 0 Å². The zero-order valence-corrected chi connectivity index (χ0v) is 6.78. The summed E-state index contributed by atoms with van der Waals surface area (Å²) in [4.78, 5) is 0. The molecular weight excluding hydrogens is 154 g/mol. The molecule has 0 unspecified atom stereocenters. The van der Waals surface area contributed by atoms with E-state index in [4.69, 9.17) is 9.26 Å². The maximum absolute atomic E-state index is 5.23. The van der Waals surface area contributed by atoms with Crippen molar-refractivity contribution < 1.29 is 9.26 Å². The summed E-state index contributed by atoms with van der Waals surface area (Å²) in [5, 5.41) is 4.77. The fourth-order valence-corrected chi connectivity index (χ4v) is 1.10. The van der Waals surface area contributed by atoms with E-state index in [9.17, 15) is 0 Å². The van der Waals surface area contributed by atoms with Crippen LogP contribution < -0.4 is 4.74 Å². The molecular formula is C9H9NO2. The third-order valence-electron chi connectivity index (χ3n) is 1.63. The van der Waals surface area contributed by atoms with Gasteiger partial charge in [0.05, 0.1) is 12.0 Å². The van der Waals surface area contributed by atoms with Crippen LogP contribution in [-0.4, -0.2) is 11.8 Å². The van der Waals surface area contributed by atoms with Crippen LogP contribution in [0.25, 0.3) is 10.9 Å². The minimum absolute atomic E-state index is 0.508. The Kier molecular flexibility index (Phi) is 1.70. The fraction of sp³-hybridized carbons (Fsp3) is 0.222. The van der Waals surface area contributed by atoms with E-state index in [1.165, 1.54) is 0 Å². The lowest BCUT2D eigenvalue weighted by atomic mass is 10.2. The largest absolute Gasteiger partial charge is 0.464 e. The number of nitrogens with zero attached hydrogens (tertiary/aromatic N) is 1. The van der Waals surface area contributed by atoms with Crippen molar-refractivity contribution in [2.75, 3.05) is 6.61 Å². The molecule has 3 nitrogen and oxygen atoms in total. The van der Waals surface area contributed by atoms with Crippen molar-refractivity contribution in [2.45, 2.75) is 6.92 Å². The van der Waals surface area contributed by atoms with Gasteiger partial charge in [-0.15, -0.1) is 0 Å². The number of aromatic nitrogens is 1. The number of hydrogen-bond donors (Lipinski definition) is 0. The molecule has 12 heavy (non-hydrogen) atoms. The van der Waals surface area contributed by atoms with Crippen molar-refractivity contribution in [2.24, 2.45) is 0 Å². The number of rotatable bonds is 2. The predicted molar refractivity (Wildman–Crippen MR) is 45.2 cm³/mol. The molecule has 3 heteroatoms. The molecule has 1 aromatic heterocycles. The van der Waals surface area contributed by atoms with Gasteiger partial charge in [-0.3, -0.25) is 0 Å². The first-order valence-corrected chi connectivity index (χ1v) is 3.89. The highest BCUT2D eigenvalue weighted by molar-refractivity contribution is 5.82. The minimum atomic E-state index is 0.508. The topological polar surface area (TPSA) is 35.3 Å². The molecule has 0 fully saturated rings. The summed E-state index contributed by atoms with van der Waals surface area (Å²) in [6, 6.07) is 7.67. The lowest BCUT2D eigenvalue weighted by molar-refractivity contribution is 0.230. The quantitative estimate of drug-likeness (QED) is 0.680. The number of benzene rings is 1. The molecule has 2 rings (SSSR count). The summed E-state index contributed by atoms with van der Waals surface area (Å²) in [5.41, 5.74) is 0.834. The van der Waals surface area contributed by atoms with E-state index in [2.05, 4.69) is 5.16 Å². The molecule has 0 atom stereocenters. The molecule has 1 heterocycles. The van der Waals surface area contributed by atoms with E-state index in [0.717, 1.165) is 10.9 Å². The van der Waals surface area contributed by atoms with Crippen LogP contribution >= 0.6 is 0 Å². The average Bonchev–Trinajstić information content (AvgIpc) is 2.50. The molecule has 0 aliphatic carbocycles. The van der Waals surface area contributed by atoms with Gasteiger partial charge in [0, 0.05) is 0 Å². The molecule has 1 aromatic carbocycles. The normalized spacial score (nSPS) is 10.4. The number of fused-ring (bicyclic) bond motifs is 1. The molecule has 0 aliphatic rings. The zero-order chi connectivity index (χ0) is 8.39. The van der Waals surface area contributed by atoms with Gasteiger partial charge < -0.3 is 9.26 Å². The third kappa shape index (κ3) is 1.03. The van der Waals surface area contributed by atoms with Gasteiger partial charge in [-0.25, -0.2) is 0 Å². The summed E-state index contributed by atoms with van der Waals surface area (Å²) >= 11 is 0. The Labute approximate surface area is 69.9 Å². The van der Waals surface area contributed by atoms with Crippen molar-refractivity contribution in [3.05, 3.63) is 24.3 Å². The van der Waals surface area contributed by atoms with Crippen LogP contribution in [0.1, 0.15) is 6.92 Å². The Bertz CT molecular complexity index is 381. The Hall–Kier alpha value is -1.51. The molecule has 0 amide bonds. The second-order valence-electron chi connectivity index (χ2n) is 2.42. The van der Waals surface area contributed by atoms with Crippen LogP contribution in [0.15, 0.2) is 28.8 Å². The van der Waals surface area contributed by atoms with Gasteiger partial charge in [0.25, 0.3) is 0 Å². The van der Waals surface area contributed by atoms with Gasteiger partial charge in [-0.05, 0) is 19.1 Å². The monoisotopic (exact) mass is 163 g/mol. The third-order valence-corrected chi connectivity index (χ3v) is 1.63. The van der Waals surface area contributed by atoms with Gasteiger partial charge in [-0.2, -0.15) is 0 Å². The van der Waals surface area contributed by atoms with Gasteiger partial charge in [0.15, 0.2) is 0 Å². The fourth-order valence-electron chi connectivity index (χ4n) is 1.10. The van der Waals surface area contributed by atoms with Gasteiger partial charge in [0.1, 0.15) is 5.52 Å². The predicted octanol–water partition coefficient (Wildman–Crippen LogP) is 2.23. The summed E-state index contributed by atoms with van der Waals surface area (Å²) in [6.45, 7) is 2.51. The van der Waals surface area contributed by atoms with E-state index in [-0.39, 0.29) is 0 Å². The van der Waals surface area contributed by atoms with Crippen molar-refractivity contribution in [3.63, 3.8) is 0 Å². The van der Waals surface area contributed by atoms with E-state index < -0.39 is 0 Å². The lowest BCUT2D eigenvalue weighted by Crippen LogP contribution is -1.88. The smallest absolute Gasteiger partial charge is 0.319 e. The lowest BCUT2D eigenvalue weighted by Gasteiger charge is -1.94. The highest BCUT2D eigenvalue weighted by atomic mass is 16.6. The van der Waals surface area contributed by atoms with Crippen molar-refractivity contribution in [1.29, 1.82) is 0 Å². The molecule has 0 radical (unpaired) electrons. The summed E-state index contributed by atoms with van der Waals surface area (Å²) < 4.78 is 10.2. The van der Waals surface area contributed by atoms with Gasteiger partial charge in [-0.1, -0.05) is 17.3 Å². The highest BCUT2D eigenvalue weighted by Gasteiger charge is 2.06. The molecule has 62 valence electrons. The van der Waals surface area contributed by atoms with E-state index in [1.54, 1.807) is 0 Å². The van der Waals surface area contributed by atoms with Crippen LogP contribution in [0.2, 0.25) is 0 Å². The SMILES string of the molecule is CCOc1onc2ccccc12. The minimum Gasteiger partial charge on any atom is -0.464 e. The van der Waals surface area contributed by atoms with Gasteiger partial charge >= 0.3 is 5.95 Å². The Morgan fingerprint density at radius 1 is 1.42 bits per heavy atom. The number of ether oxygens (including phenoxy) is 1. The molecule has 0 aliphatic heterocycles. The highest BCUT2D eigenvalue weighted by Crippen LogP contribution is 2.24. The van der Waals surface area contributed by atoms with Crippen molar-refractivity contribution in [1.82, 2.24) is 5.16 Å². The Morgan fingerprint density at radius 3 is 3.08 bits per heavy atom. The molecule has 0 spiro atoms. The Morgan fingerprint density at radius 2 is 2.25 bits per heavy atom. The molecule has 0 N–H and O–H groups in total. The summed E-state index contributed by atoms with van der Waals surface area (Å²) in [6.07, 6.45) is 0. The number of hydrogen-bond acceptors (Lipinski definition) is 3. The maximum atomic E-state index is 5.23. The van der Waals surface area contributed by atoms with Crippen molar-refractivity contribution in [3.8, 4) is 5.95 Å². The second kappa shape index (κ2) is 2.85. The van der Waals surface area contributed by atoms with Crippen molar-refractivity contribution >= 4 is 10.9 Å². The first-order chi connectivity index (χ1) is 5.92. The standard InChI is InChI=1S/C9H9NO2/c1-2-11-9-7-5-3-4-6-8(7)10-12-9/h3-6H,2H2,1H3. The molecule has 0 saturated carbocycles. The first-order valence-electron chi connectivity index (χ1n) is 3.89. The van der Waals surface area contributed by atoms with Crippen LogP contribution in [-0.2, 0) is 0 Å². The summed E-state index contributed by atoms with van der Waals surface area (Å²) in [7, 11) is 0.